The Morgan fingerprint density at radius 3 is 2.42 bits per heavy atom. The molecule has 0 aliphatic heterocycles. The zero-order valence-electron chi connectivity index (χ0n) is 15.1. The Labute approximate surface area is 151 Å². The molecular weight excluding hydrogens is 334 g/mol. The zero-order valence-corrected chi connectivity index (χ0v) is 15.1. The molecule has 0 atom stereocenters. The van der Waals surface area contributed by atoms with Gasteiger partial charge in [-0.3, -0.25) is 0 Å². The maximum Gasteiger partial charge on any atom is 0.385 e. The van der Waals surface area contributed by atoms with Gasteiger partial charge in [-0.25, -0.2) is 9.59 Å². The minimum absolute atomic E-state index is 0.0647. The summed E-state index contributed by atoms with van der Waals surface area (Å²) in [4.78, 5) is 24.6. The van der Waals surface area contributed by atoms with Crippen molar-refractivity contribution in [2.45, 2.75) is 26.2 Å². The van der Waals surface area contributed by atoms with E-state index in [4.69, 9.17) is 9.47 Å². The number of hydrogen-bond donors (Lipinski definition) is 1. The van der Waals surface area contributed by atoms with Gasteiger partial charge in [0.05, 0.1) is 14.2 Å². The summed E-state index contributed by atoms with van der Waals surface area (Å²) in [6, 6.07) is 11.8. The van der Waals surface area contributed by atoms with Gasteiger partial charge in [0.25, 0.3) is 11.4 Å². The molecule has 26 heavy (non-hydrogen) atoms. The summed E-state index contributed by atoms with van der Waals surface area (Å²) >= 11 is 0. The molecule has 0 saturated carbocycles. The van der Waals surface area contributed by atoms with E-state index in [1.54, 1.807) is 9.15 Å². The molecule has 0 spiro atoms. The second-order valence-electron chi connectivity index (χ2n) is 5.93. The van der Waals surface area contributed by atoms with Gasteiger partial charge >= 0.3 is 11.9 Å². The molecule has 2 heterocycles. The average Bonchev–Trinajstić information content (AvgIpc) is 3.23. The number of hydrogen-bond acceptors (Lipinski definition) is 4. The molecule has 0 unspecified atom stereocenters. The Balaban J connectivity index is 2.32. The fraction of sp³-hybridized carbons (Fsp3) is 0.316. The number of esters is 2. The van der Waals surface area contributed by atoms with Crippen molar-refractivity contribution in [3.05, 3.63) is 53.5 Å². The Kier molecular flexibility index (Phi) is 5.06. The molecule has 0 aliphatic rings. The first-order chi connectivity index (χ1) is 12.6. The highest BCUT2D eigenvalue weighted by Gasteiger charge is 2.36. The smallest absolute Gasteiger partial charge is 0.385 e. The number of benzene rings is 1. The van der Waals surface area contributed by atoms with E-state index in [1.807, 2.05) is 36.4 Å². The van der Waals surface area contributed by atoms with Crippen LogP contribution in [0.25, 0.3) is 11.3 Å². The molecule has 1 N–H and O–H groups in total. The number of methoxy groups -OCH3 is 2. The van der Waals surface area contributed by atoms with E-state index in [2.05, 4.69) is 12.0 Å². The maximum atomic E-state index is 12.4. The molecule has 2 aromatic heterocycles. The number of aryl methyl sites for hydroxylation is 1. The monoisotopic (exact) mass is 356 g/mol. The van der Waals surface area contributed by atoms with Crippen LogP contribution in [-0.2, 0) is 15.9 Å². The number of fused-ring (bicyclic) bond motifs is 1. The highest BCUT2D eigenvalue weighted by molar-refractivity contribution is 5.99. The van der Waals surface area contributed by atoms with Crippen LogP contribution >= 0.6 is 0 Å². The number of rotatable bonds is 6. The van der Waals surface area contributed by atoms with Gasteiger partial charge in [0.2, 0.25) is 0 Å². The Bertz CT molecular complexity index is 941. The molecule has 0 amide bonds. The van der Waals surface area contributed by atoms with Gasteiger partial charge < -0.3 is 9.47 Å². The maximum absolute atomic E-state index is 12.4. The van der Waals surface area contributed by atoms with Gasteiger partial charge in [-0.2, -0.15) is 5.10 Å². The van der Waals surface area contributed by atoms with E-state index in [9.17, 15) is 9.59 Å². The third-order valence-electron chi connectivity index (χ3n) is 4.29. The molecule has 0 fully saturated rings. The lowest BCUT2D eigenvalue weighted by Gasteiger charge is -1.97. The molecule has 7 nitrogen and oxygen atoms in total. The lowest BCUT2D eigenvalue weighted by molar-refractivity contribution is -0.627. The molecule has 136 valence electrons. The summed E-state index contributed by atoms with van der Waals surface area (Å²) in [5, 5.41) is 3.00. The van der Waals surface area contributed by atoms with Crippen molar-refractivity contribution < 1.29 is 23.6 Å². The number of carbonyl (C=O) groups excluding carboxylic acids is 2. The van der Waals surface area contributed by atoms with Crippen LogP contribution in [0.15, 0.2) is 36.4 Å². The first-order valence-electron chi connectivity index (χ1n) is 8.53. The van der Waals surface area contributed by atoms with Crippen molar-refractivity contribution in [3.63, 3.8) is 0 Å². The van der Waals surface area contributed by atoms with E-state index < -0.39 is 11.9 Å². The van der Waals surface area contributed by atoms with Crippen LogP contribution in [0.5, 0.6) is 0 Å². The minimum atomic E-state index is -0.623. The fourth-order valence-corrected chi connectivity index (χ4v) is 3.01. The van der Waals surface area contributed by atoms with Gasteiger partial charge in [-0.15, -0.1) is 4.52 Å². The number of aromatic amines is 1. The Morgan fingerprint density at radius 2 is 1.81 bits per heavy atom. The first-order valence-corrected chi connectivity index (χ1v) is 8.53. The molecule has 1 aromatic carbocycles. The SMILES string of the molecule is CCCCc1cc(-c2ccccc2)n2[nH]c(C(=O)OC)c(C(=O)OC)[n+]12. The van der Waals surface area contributed by atoms with Crippen molar-refractivity contribution in [1.29, 1.82) is 0 Å². The highest BCUT2D eigenvalue weighted by atomic mass is 16.5. The van der Waals surface area contributed by atoms with E-state index >= 15 is 0 Å². The lowest BCUT2D eigenvalue weighted by atomic mass is 10.1. The fourth-order valence-electron chi connectivity index (χ4n) is 3.01. The summed E-state index contributed by atoms with van der Waals surface area (Å²) in [6.45, 7) is 2.11. The number of nitrogens with one attached hydrogen (secondary N) is 1. The standard InChI is InChI=1S/C19H21N3O4/c1-4-5-11-14-12-15(13-9-7-6-8-10-13)22-20-16(18(23)25-2)17(21(14)22)19(24)26-3/h6-10,12H,4-5,11H2,1-3H3/p+1. The van der Waals surface area contributed by atoms with E-state index in [1.165, 1.54) is 14.2 Å². The van der Waals surface area contributed by atoms with Crippen molar-refractivity contribution in [2.75, 3.05) is 14.2 Å². The van der Waals surface area contributed by atoms with Gasteiger partial charge in [-0.05, 0) is 11.1 Å². The van der Waals surface area contributed by atoms with E-state index in [-0.39, 0.29) is 11.4 Å². The molecule has 0 saturated heterocycles. The molecule has 3 rings (SSSR count). The molecular formula is C19H22N3O4+. The number of aromatic nitrogens is 3. The largest absolute Gasteiger partial charge is 0.463 e. The van der Waals surface area contributed by atoms with Crippen LogP contribution < -0.4 is 4.52 Å². The summed E-state index contributed by atoms with van der Waals surface area (Å²) in [5.41, 5.74) is 2.92. The van der Waals surface area contributed by atoms with Crippen LogP contribution in [0.1, 0.15) is 46.4 Å². The highest BCUT2D eigenvalue weighted by Crippen LogP contribution is 2.21. The van der Waals surface area contributed by atoms with Gasteiger partial charge in [-0.1, -0.05) is 43.7 Å². The molecule has 0 aliphatic carbocycles. The van der Waals surface area contributed by atoms with E-state index in [0.717, 1.165) is 36.2 Å². The molecule has 0 bridgehead atoms. The lowest BCUT2D eigenvalue weighted by Crippen LogP contribution is -2.37. The average molecular weight is 356 g/mol. The van der Waals surface area contributed by atoms with Crippen LogP contribution in [0.2, 0.25) is 0 Å². The number of nitrogens with zero attached hydrogens (tertiary/aromatic N) is 2. The summed E-state index contributed by atoms with van der Waals surface area (Å²) in [6.07, 6.45) is 2.74. The van der Waals surface area contributed by atoms with Crippen molar-refractivity contribution >= 4 is 11.9 Å². The zero-order chi connectivity index (χ0) is 18.7. The van der Waals surface area contributed by atoms with Crippen LogP contribution in [0, 0.1) is 0 Å². The van der Waals surface area contributed by atoms with Gasteiger partial charge in [0.15, 0.2) is 0 Å². The third kappa shape index (κ3) is 2.96. The van der Waals surface area contributed by atoms with Crippen LogP contribution in [-0.4, -0.2) is 35.9 Å². The third-order valence-corrected chi connectivity index (χ3v) is 4.29. The quantitative estimate of drug-likeness (QED) is 0.544. The minimum Gasteiger partial charge on any atom is -0.463 e. The normalized spacial score (nSPS) is 10.9. The Hall–Kier alpha value is -3.09. The van der Waals surface area contributed by atoms with Crippen molar-refractivity contribution in [3.8, 4) is 11.3 Å². The summed E-state index contributed by atoms with van der Waals surface area (Å²) < 4.78 is 13.1. The topological polar surface area (TPSA) is 76.9 Å². The first kappa shape index (κ1) is 17.7. The molecule has 3 aromatic rings. The molecule has 0 radical (unpaired) electrons. The molecule has 7 heteroatoms. The summed E-state index contributed by atoms with van der Waals surface area (Å²) in [5.74, 6) is -1.22. The van der Waals surface area contributed by atoms with Gasteiger partial charge in [0.1, 0.15) is 11.4 Å². The number of H-pyrrole nitrogens is 1. The second kappa shape index (κ2) is 7.43. The number of ether oxygens (including phenoxy) is 2. The number of carbonyl (C=O) groups is 2. The van der Waals surface area contributed by atoms with Crippen molar-refractivity contribution in [1.82, 2.24) is 9.73 Å². The Morgan fingerprint density at radius 1 is 1.12 bits per heavy atom. The van der Waals surface area contributed by atoms with Gasteiger partial charge in [0, 0.05) is 18.1 Å². The van der Waals surface area contributed by atoms with E-state index in [0.29, 0.717) is 0 Å². The van der Waals surface area contributed by atoms with Crippen LogP contribution in [0.3, 0.4) is 0 Å². The predicted octanol–water partition coefficient (Wildman–Crippen LogP) is 2.44. The van der Waals surface area contributed by atoms with Crippen LogP contribution in [0.4, 0.5) is 0 Å². The van der Waals surface area contributed by atoms with Crippen molar-refractivity contribution in [2.24, 2.45) is 0 Å². The predicted molar refractivity (Wildman–Crippen MR) is 94.1 cm³/mol. The second-order valence-corrected chi connectivity index (χ2v) is 5.93. The number of unbranched alkanes of at least 4 members (excludes halogenated alkanes) is 1. The summed E-state index contributed by atoms with van der Waals surface area (Å²) in [7, 11) is 2.57.